The molecule has 0 saturated carbocycles. The first-order valence-corrected chi connectivity index (χ1v) is 7.68. The topological polar surface area (TPSA) is 49.8 Å². The summed E-state index contributed by atoms with van der Waals surface area (Å²) in [5, 5.41) is 9.57. The van der Waals surface area contributed by atoms with Gasteiger partial charge in [0, 0.05) is 23.7 Å². The fourth-order valence-corrected chi connectivity index (χ4v) is 3.02. The van der Waals surface area contributed by atoms with Crippen LogP contribution >= 0.6 is 0 Å². The summed E-state index contributed by atoms with van der Waals surface area (Å²) in [5.41, 5.74) is 1.73. The Hall–Kier alpha value is -1.39. The largest absolute Gasteiger partial charge is 0.494 e. The summed E-state index contributed by atoms with van der Waals surface area (Å²) >= 11 is 0. The van der Waals surface area contributed by atoms with Crippen molar-refractivity contribution in [3.63, 3.8) is 0 Å². The van der Waals surface area contributed by atoms with E-state index in [0.717, 1.165) is 24.3 Å². The van der Waals surface area contributed by atoms with Crippen LogP contribution in [0.15, 0.2) is 18.2 Å². The maximum Gasteiger partial charge on any atom is 0.159 e. The monoisotopic (exact) mass is 291 g/mol. The highest BCUT2D eigenvalue weighted by Crippen LogP contribution is 2.29. The molecule has 0 bridgehead atoms. The van der Waals surface area contributed by atoms with Crippen LogP contribution < -0.4 is 4.74 Å². The van der Waals surface area contributed by atoms with Crippen molar-refractivity contribution in [3.8, 4) is 5.75 Å². The lowest BCUT2D eigenvalue weighted by Gasteiger charge is -2.26. The third-order valence-electron chi connectivity index (χ3n) is 4.32. The van der Waals surface area contributed by atoms with Gasteiger partial charge in [-0.3, -0.25) is 9.69 Å². The second kappa shape index (κ2) is 7.05. The van der Waals surface area contributed by atoms with Gasteiger partial charge in [-0.1, -0.05) is 6.92 Å². The molecular weight excluding hydrogens is 266 g/mol. The highest BCUT2D eigenvalue weighted by atomic mass is 16.5. The summed E-state index contributed by atoms with van der Waals surface area (Å²) in [7, 11) is 0. The van der Waals surface area contributed by atoms with Gasteiger partial charge in [0.25, 0.3) is 0 Å². The van der Waals surface area contributed by atoms with E-state index >= 15 is 0 Å². The number of hydrogen-bond acceptors (Lipinski definition) is 4. The quantitative estimate of drug-likeness (QED) is 0.818. The average molecular weight is 291 g/mol. The summed E-state index contributed by atoms with van der Waals surface area (Å²) in [6.45, 7) is 8.18. The van der Waals surface area contributed by atoms with Crippen molar-refractivity contribution in [2.75, 3.05) is 19.8 Å². The van der Waals surface area contributed by atoms with Crippen molar-refractivity contribution in [1.29, 1.82) is 0 Å². The molecular formula is C17H25NO3. The molecule has 1 aliphatic rings. The maximum atomic E-state index is 11.6. The Morgan fingerprint density at radius 1 is 1.48 bits per heavy atom. The molecule has 1 N–H and O–H groups in total. The molecule has 116 valence electrons. The zero-order chi connectivity index (χ0) is 15.4. The highest BCUT2D eigenvalue weighted by molar-refractivity contribution is 5.94. The summed E-state index contributed by atoms with van der Waals surface area (Å²) < 4.78 is 5.68. The van der Waals surface area contributed by atoms with Gasteiger partial charge in [-0.2, -0.15) is 0 Å². The van der Waals surface area contributed by atoms with E-state index in [1.165, 1.54) is 0 Å². The van der Waals surface area contributed by atoms with Crippen LogP contribution in [-0.4, -0.2) is 41.6 Å². The Kier molecular flexibility index (Phi) is 5.37. The van der Waals surface area contributed by atoms with Crippen molar-refractivity contribution in [1.82, 2.24) is 4.90 Å². The molecule has 2 unspecified atom stereocenters. The van der Waals surface area contributed by atoms with Gasteiger partial charge >= 0.3 is 0 Å². The lowest BCUT2D eigenvalue weighted by atomic mass is 10.0. The Balaban J connectivity index is 2.24. The third kappa shape index (κ3) is 3.63. The predicted octanol–water partition coefficient (Wildman–Crippen LogP) is 2.49. The van der Waals surface area contributed by atoms with Crippen molar-refractivity contribution < 1.29 is 14.6 Å². The lowest BCUT2D eigenvalue weighted by molar-refractivity contribution is 0.101. The number of benzene rings is 1. The van der Waals surface area contributed by atoms with Crippen LogP contribution in [0.4, 0.5) is 0 Å². The second-order valence-corrected chi connectivity index (χ2v) is 5.80. The number of ether oxygens (including phenoxy) is 1. The molecule has 1 aliphatic heterocycles. The van der Waals surface area contributed by atoms with Crippen LogP contribution in [0, 0.1) is 5.92 Å². The first-order chi connectivity index (χ1) is 10.1. The normalized spacial score (nSPS) is 22.5. The zero-order valence-electron chi connectivity index (χ0n) is 13.1. The Morgan fingerprint density at radius 3 is 2.86 bits per heavy atom. The first-order valence-electron chi connectivity index (χ1n) is 7.68. The summed E-state index contributed by atoms with van der Waals surface area (Å²) in [4.78, 5) is 13.9. The van der Waals surface area contributed by atoms with E-state index in [1.54, 1.807) is 6.92 Å². The van der Waals surface area contributed by atoms with Crippen LogP contribution in [0.1, 0.15) is 43.1 Å². The number of aliphatic hydroxyl groups is 1. The first kappa shape index (κ1) is 16.0. The third-order valence-corrected chi connectivity index (χ3v) is 4.32. The minimum absolute atomic E-state index is 0.0628. The summed E-state index contributed by atoms with van der Waals surface area (Å²) in [6, 6.07) is 5.81. The van der Waals surface area contributed by atoms with Crippen LogP contribution in [0.3, 0.4) is 0 Å². The van der Waals surface area contributed by atoms with Crippen LogP contribution in [0.5, 0.6) is 5.75 Å². The van der Waals surface area contributed by atoms with E-state index in [2.05, 4.69) is 11.8 Å². The van der Waals surface area contributed by atoms with Gasteiger partial charge in [-0.25, -0.2) is 0 Å². The van der Waals surface area contributed by atoms with Crippen LogP contribution in [0.25, 0.3) is 0 Å². The number of ketones is 1. The van der Waals surface area contributed by atoms with Crippen LogP contribution in [-0.2, 0) is 6.54 Å². The van der Waals surface area contributed by atoms with Gasteiger partial charge in [-0.05, 0) is 50.9 Å². The molecule has 0 amide bonds. The molecule has 0 spiro atoms. The molecule has 0 radical (unpaired) electrons. The molecule has 1 aromatic rings. The molecule has 4 nitrogen and oxygen atoms in total. The molecule has 2 rings (SSSR count). The highest BCUT2D eigenvalue weighted by Gasteiger charge is 2.30. The maximum absolute atomic E-state index is 11.6. The number of hydrogen-bond donors (Lipinski definition) is 1. The molecule has 2 atom stereocenters. The number of Topliss-reactive ketones (excluding diaryl/α,β-unsaturated/α-hetero) is 1. The summed E-state index contributed by atoms with van der Waals surface area (Å²) in [5.74, 6) is 1.40. The van der Waals surface area contributed by atoms with Crippen molar-refractivity contribution >= 4 is 5.78 Å². The molecule has 4 heteroatoms. The fraction of sp³-hybridized carbons (Fsp3) is 0.588. The lowest BCUT2D eigenvalue weighted by Crippen LogP contribution is -2.34. The summed E-state index contributed by atoms with van der Waals surface area (Å²) in [6.07, 6.45) is 1.10. The van der Waals surface area contributed by atoms with E-state index in [-0.39, 0.29) is 18.4 Å². The van der Waals surface area contributed by atoms with E-state index in [4.69, 9.17) is 4.74 Å². The molecule has 0 aliphatic carbocycles. The van der Waals surface area contributed by atoms with E-state index in [0.29, 0.717) is 24.6 Å². The van der Waals surface area contributed by atoms with E-state index in [9.17, 15) is 9.90 Å². The fourth-order valence-electron chi connectivity index (χ4n) is 3.02. The van der Waals surface area contributed by atoms with E-state index in [1.807, 2.05) is 25.1 Å². The van der Waals surface area contributed by atoms with Gasteiger partial charge in [0.1, 0.15) is 5.75 Å². The number of carbonyl (C=O) groups excluding carboxylic acids is 1. The minimum atomic E-state index is 0.0628. The SMILES string of the molecule is CCOc1ccc(C(C)=O)cc1CN1CCC(C)C1CO. The smallest absolute Gasteiger partial charge is 0.159 e. The van der Waals surface area contributed by atoms with Gasteiger partial charge in [0.15, 0.2) is 5.78 Å². The van der Waals surface area contributed by atoms with Crippen molar-refractivity contribution in [3.05, 3.63) is 29.3 Å². The molecule has 0 aromatic heterocycles. The number of likely N-dealkylation sites (tertiary alicyclic amines) is 1. The molecule has 21 heavy (non-hydrogen) atoms. The molecule has 1 heterocycles. The number of nitrogens with zero attached hydrogens (tertiary/aromatic N) is 1. The van der Waals surface area contributed by atoms with Gasteiger partial charge < -0.3 is 9.84 Å². The van der Waals surface area contributed by atoms with Gasteiger partial charge in [-0.15, -0.1) is 0 Å². The van der Waals surface area contributed by atoms with Crippen LogP contribution in [0.2, 0.25) is 0 Å². The Labute approximate surface area is 126 Å². The molecule has 1 saturated heterocycles. The molecule has 1 aromatic carbocycles. The number of aliphatic hydroxyl groups excluding tert-OH is 1. The number of rotatable bonds is 6. The second-order valence-electron chi connectivity index (χ2n) is 5.80. The van der Waals surface area contributed by atoms with Crippen molar-refractivity contribution in [2.45, 2.75) is 39.8 Å². The zero-order valence-corrected chi connectivity index (χ0v) is 13.1. The minimum Gasteiger partial charge on any atom is -0.494 e. The van der Waals surface area contributed by atoms with Gasteiger partial charge in [0.2, 0.25) is 0 Å². The standard InChI is InChI=1S/C17H25NO3/c1-4-21-17-6-5-14(13(3)20)9-15(17)10-18-8-7-12(2)16(18)11-19/h5-6,9,12,16,19H,4,7-8,10-11H2,1-3H3. The predicted molar refractivity (Wildman–Crippen MR) is 82.7 cm³/mol. The average Bonchev–Trinajstić information content (AvgIpc) is 2.81. The Morgan fingerprint density at radius 2 is 2.24 bits per heavy atom. The van der Waals surface area contributed by atoms with Gasteiger partial charge in [0.05, 0.1) is 13.2 Å². The Bertz CT molecular complexity index is 501. The molecule has 1 fully saturated rings. The number of carbonyl (C=O) groups is 1. The van der Waals surface area contributed by atoms with Crippen molar-refractivity contribution in [2.24, 2.45) is 5.92 Å². The van der Waals surface area contributed by atoms with E-state index < -0.39 is 0 Å².